The van der Waals surface area contributed by atoms with Crippen molar-refractivity contribution in [3.63, 3.8) is 0 Å². The summed E-state index contributed by atoms with van der Waals surface area (Å²) >= 11 is 0. The molecule has 1 atom stereocenters. The summed E-state index contributed by atoms with van der Waals surface area (Å²) in [5.74, 6) is 0.530. The Kier molecular flexibility index (Phi) is 4.43. The number of nitrogen functional groups attached to an aromatic ring is 1. The molecule has 1 fully saturated rings. The minimum atomic E-state index is -0.0321. The number of amides is 1. The molecular formula is C15H23N3O. The van der Waals surface area contributed by atoms with Gasteiger partial charge in [0.25, 0.3) is 5.91 Å². The van der Waals surface area contributed by atoms with Crippen molar-refractivity contribution in [1.82, 2.24) is 10.2 Å². The summed E-state index contributed by atoms with van der Waals surface area (Å²) in [7, 11) is 0. The number of hydrogen-bond acceptors (Lipinski definition) is 3. The zero-order valence-electron chi connectivity index (χ0n) is 11.7. The number of rotatable bonds is 4. The van der Waals surface area contributed by atoms with Crippen molar-refractivity contribution in [3.05, 3.63) is 29.8 Å². The van der Waals surface area contributed by atoms with E-state index in [9.17, 15) is 4.79 Å². The van der Waals surface area contributed by atoms with Gasteiger partial charge in [-0.3, -0.25) is 4.79 Å². The average Bonchev–Trinajstić information content (AvgIpc) is 2.85. The highest BCUT2D eigenvalue weighted by Crippen LogP contribution is 2.17. The molecule has 2 rings (SSSR count). The highest BCUT2D eigenvalue weighted by Gasteiger charge is 2.24. The van der Waals surface area contributed by atoms with E-state index < -0.39 is 0 Å². The molecule has 0 bridgehead atoms. The number of carbonyl (C=O) groups is 1. The molecule has 4 nitrogen and oxygen atoms in total. The number of anilines is 1. The van der Waals surface area contributed by atoms with E-state index in [1.54, 1.807) is 24.3 Å². The predicted octanol–water partition coefficient (Wildman–Crippen LogP) is 1.73. The molecule has 19 heavy (non-hydrogen) atoms. The van der Waals surface area contributed by atoms with Gasteiger partial charge in [0.2, 0.25) is 0 Å². The fourth-order valence-corrected chi connectivity index (χ4v) is 2.52. The molecule has 0 spiro atoms. The zero-order valence-corrected chi connectivity index (χ0v) is 11.7. The van der Waals surface area contributed by atoms with Crippen LogP contribution in [-0.2, 0) is 0 Å². The second-order valence-electron chi connectivity index (χ2n) is 5.58. The van der Waals surface area contributed by atoms with Gasteiger partial charge in [0.05, 0.1) is 0 Å². The van der Waals surface area contributed by atoms with Crippen molar-refractivity contribution in [2.45, 2.75) is 26.3 Å². The summed E-state index contributed by atoms with van der Waals surface area (Å²) in [5, 5.41) is 3.01. The Morgan fingerprint density at radius 1 is 1.53 bits per heavy atom. The fourth-order valence-electron chi connectivity index (χ4n) is 2.52. The summed E-state index contributed by atoms with van der Waals surface area (Å²) in [5.41, 5.74) is 6.94. The van der Waals surface area contributed by atoms with Gasteiger partial charge in [0, 0.05) is 30.4 Å². The van der Waals surface area contributed by atoms with Gasteiger partial charge in [-0.2, -0.15) is 0 Å². The van der Waals surface area contributed by atoms with Crippen LogP contribution in [0.5, 0.6) is 0 Å². The Labute approximate surface area is 115 Å². The molecule has 1 amide bonds. The topological polar surface area (TPSA) is 58.4 Å². The number of likely N-dealkylation sites (tertiary alicyclic amines) is 1. The Hall–Kier alpha value is -1.55. The standard InChI is InChI=1S/C15H23N3O/c1-11(2)18-7-6-12(10-18)9-17-15(19)13-4-3-5-14(16)8-13/h3-5,8,11-12H,6-7,9-10,16H2,1-2H3,(H,17,19). The van der Waals surface area contributed by atoms with Gasteiger partial charge in [-0.1, -0.05) is 6.07 Å². The van der Waals surface area contributed by atoms with Crippen LogP contribution in [0.2, 0.25) is 0 Å². The van der Waals surface area contributed by atoms with Crippen molar-refractivity contribution in [2.24, 2.45) is 5.92 Å². The molecule has 0 aromatic heterocycles. The Balaban J connectivity index is 1.82. The third-order valence-electron chi connectivity index (χ3n) is 3.75. The van der Waals surface area contributed by atoms with E-state index in [2.05, 4.69) is 24.1 Å². The van der Waals surface area contributed by atoms with Crippen LogP contribution in [0.15, 0.2) is 24.3 Å². The molecule has 0 radical (unpaired) electrons. The van der Waals surface area contributed by atoms with E-state index in [-0.39, 0.29) is 5.91 Å². The van der Waals surface area contributed by atoms with E-state index in [0.717, 1.165) is 26.1 Å². The second kappa shape index (κ2) is 6.06. The highest BCUT2D eigenvalue weighted by atomic mass is 16.1. The third-order valence-corrected chi connectivity index (χ3v) is 3.75. The first-order chi connectivity index (χ1) is 9.06. The van der Waals surface area contributed by atoms with Crippen LogP contribution in [0.4, 0.5) is 5.69 Å². The Bertz CT molecular complexity index is 445. The molecular weight excluding hydrogens is 238 g/mol. The lowest BCUT2D eigenvalue weighted by atomic mass is 10.1. The number of nitrogens with one attached hydrogen (secondary N) is 1. The van der Waals surface area contributed by atoms with Crippen LogP contribution in [0.3, 0.4) is 0 Å². The first kappa shape index (κ1) is 13.9. The van der Waals surface area contributed by atoms with Crippen molar-refractivity contribution in [1.29, 1.82) is 0 Å². The van der Waals surface area contributed by atoms with Gasteiger partial charge in [-0.05, 0) is 50.9 Å². The van der Waals surface area contributed by atoms with Gasteiger partial charge >= 0.3 is 0 Å². The Morgan fingerprint density at radius 3 is 2.95 bits per heavy atom. The lowest BCUT2D eigenvalue weighted by Crippen LogP contribution is -2.33. The van der Waals surface area contributed by atoms with E-state index in [1.807, 2.05) is 0 Å². The van der Waals surface area contributed by atoms with Crippen molar-refractivity contribution in [2.75, 3.05) is 25.4 Å². The lowest BCUT2D eigenvalue weighted by Gasteiger charge is -2.20. The number of benzene rings is 1. The van der Waals surface area contributed by atoms with E-state index in [0.29, 0.717) is 23.2 Å². The smallest absolute Gasteiger partial charge is 0.251 e. The van der Waals surface area contributed by atoms with Gasteiger partial charge in [-0.25, -0.2) is 0 Å². The molecule has 1 heterocycles. The minimum absolute atomic E-state index is 0.0321. The van der Waals surface area contributed by atoms with Gasteiger partial charge in [0.1, 0.15) is 0 Å². The number of nitrogens with zero attached hydrogens (tertiary/aromatic N) is 1. The first-order valence-corrected chi connectivity index (χ1v) is 6.94. The summed E-state index contributed by atoms with van der Waals surface area (Å²) in [4.78, 5) is 14.4. The summed E-state index contributed by atoms with van der Waals surface area (Å²) < 4.78 is 0. The van der Waals surface area contributed by atoms with Crippen molar-refractivity contribution < 1.29 is 4.79 Å². The molecule has 104 valence electrons. The van der Waals surface area contributed by atoms with E-state index >= 15 is 0 Å². The van der Waals surface area contributed by atoms with E-state index in [4.69, 9.17) is 5.73 Å². The zero-order chi connectivity index (χ0) is 13.8. The van der Waals surface area contributed by atoms with E-state index in [1.165, 1.54) is 0 Å². The largest absolute Gasteiger partial charge is 0.399 e. The van der Waals surface area contributed by atoms with Crippen LogP contribution in [0, 0.1) is 5.92 Å². The molecule has 0 saturated carbocycles. The maximum atomic E-state index is 12.0. The predicted molar refractivity (Wildman–Crippen MR) is 78.0 cm³/mol. The van der Waals surface area contributed by atoms with Crippen molar-refractivity contribution in [3.8, 4) is 0 Å². The summed E-state index contributed by atoms with van der Waals surface area (Å²) in [6.07, 6.45) is 1.16. The minimum Gasteiger partial charge on any atom is -0.399 e. The molecule has 1 unspecified atom stereocenters. The summed E-state index contributed by atoms with van der Waals surface area (Å²) in [6, 6.07) is 7.69. The number of hydrogen-bond donors (Lipinski definition) is 2. The number of nitrogens with two attached hydrogens (primary N) is 1. The van der Waals surface area contributed by atoms with Gasteiger partial charge < -0.3 is 16.0 Å². The second-order valence-corrected chi connectivity index (χ2v) is 5.58. The van der Waals surface area contributed by atoms with Crippen molar-refractivity contribution >= 4 is 11.6 Å². The quantitative estimate of drug-likeness (QED) is 0.812. The van der Waals surface area contributed by atoms with Gasteiger partial charge in [0.15, 0.2) is 0 Å². The molecule has 1 aliphatic heterocycles. The molecule has 1 aromatic carbocycles. The van der Waals surface area contributed by atoms with Crippen LogP contribution >= 0.6 is 0 Å². The molecule has 1 aromatic rings. The maximum absolute atomic E-state index is 12.0. The molecule has 1 saturated heterocycles. The van der Waals surface area contributed by atoms with Crippen LogP contribution in [0.25, 0.3) is 0 Å². The van der Waals surface area contributed by atoms with Gasteiger partial charge in [-0.15, -0.1) is 0 Å². The molecule has 0 aliphatic carbocycles. The van der Waals surface area contributed by atoms with Crippen LogP contribution in [0.1, 0.15) is 30.6 Å². The maximum Gasteiger partial charge on any atom is 0.251 e. The number of carbonyl (C=O) groups excluding carboxylic acids is 1. The fraction of sp³-hybridized carbons (Fsp3) is 0.533. The average molecular weight is 261 g/mol. The highest BCUT2D eigenvalue weighted by molar-refractivity contribution is 5.94. The molecule has 4 heteroatoms. The van der Waals surface area contributed by atoms with Crippen LogP contribution < -0.4 is 11.1 Å². The SMILES string of the molecule is CC(C)N1CCC(CNC(=O)c2cccc(N)c2)C1. The lowest BCUT2D eigenvalue weighted by molar-refractivity contribution is 0.0947. The normalized spacial score (nSPS) is 19.8. The van der Waals surface area contributed by atoms with Crippen LogP contribution in [-0.4, -0.2) is 36.5 Å². The summed E-state index contributed by atoms with van der Waals surface area (Å²) in [6.45, 7) is 7.39. The molecule has 3 N–H and O–H groups in total. The first-order valence-electron chi connectivity index (χ1n) is 6.94. The monoisotopic (exact) mass is 261 g/mol. The third kappa shape index (κ3) is 3.70. The molecule has 1 aliphatic rings. The Morgan fingerprint density at radius 2 is 2.32 bits per heavy atom.